The van der Waals surface area contributed by atoms with Crippen molar-refractivity contribution in [2.45, 2.75) is 40.0 Å². The molecule has 1 aliphatic heterocycles. The number of Topliss-reactive ketones (excluding diaryl/α,β-unsaturated/α-hetero) is 1. The molecule has 5 rings (SSSR count). The molecule has 174 valence electrons. The molecule has 0 saturated heterocycles. The van der Waals surface area contributed by atoms with Crippen molar-refractivity contribution in [1.82, 2.24) is 14.3 Å². The van der Waals surface area contributed by atoms with E-state index in [0.29, 0.717) is 24.4 Å². The van der Waals surface area contributed by atoms with Crippen molar-refractivity contribution in [3.8, 4) is 22.1 Å². The van der Waals surface area contributed by atoms with Crippen LogP contribution >= 0.6 is 11.3 Å². The van der Waals surface area contributed by atoms with Gasteiger partial charge < -0.3 is 14.0 Å². The largest absolute Gasteiger partial charge is 0.486 e. The van der Waals surface area contributed by atoms with Gasteiger partial charge in [0.15, 0.2) is 23.4 Å². The van der Waals surface area contributed by atoms with E-state index < -0.39 is 0 Å². The molecule has 0 bridgehead atoms. The van der Waals surface area contributed by atoms with Crippen LogP contribution in [0.3, 0.4) is 0 Å². The molecule has 1 unspecified atom stereocenters. The monoisotopic (exact) mass is 475 g/mol. The van der Waals surface area contributed by atoms with Gasteiger partial charge in [-0.2, -0.15) is 5.10 Å². The van der Waals surface area contributed by atoms with E-state index in [4.69, 9.17) is 9.47 Å². The van der Waals surface area contributed by atoms with Gasteiger partial charge in [0, 0.05) is 27.9 Å². The normalized spacial score (nSPS) is 14.9. The Kier molecular flexibility index (Phi) is 5.83. The van der Waals surface area contributed by atoms with E-state index in [0.717, 1.165) is 32.6 Å². The molecule has 7 nitrogen and oxygen atoms in total. The first-order valence-corrected chi connectivity index (χ1v) is 11.9. The highest BCUT2D eigenvalue weighted by Crippen LogP contribution is 2.31. The molecule has 0 amide bonds. The molecule has 34 heavy (non-hydrogen) atoms. The number of thiophene rings is 1. The number of fused-ring (bicyclic) bond motifs is 1. The lowest BCUT2D eigenvalue weighted by atomic mass is 10.1. The molecular formula is C26H25N3O4S. The van der Waals surface area contributed by atoms with Gasteiger partial charge in [0.05, 0.1) is 11.4 Å². The molecule has 0 N–H and O–H groups in total. The molecular weight excluding hydrogens is 450 g/mol. The Balaban J connectivity index is 1.35. The van der Waals surface area contributed by atoms with Gasteiger partial charge in [-0.1, -0.05) is 12.1 Å². The first-order chi connectivity index (χ1) is 16.4. The fraction of sp³-hybridized carbons (Fsp3) is 0.269. The fourth-order valence-electron chi connectivity index (χ4n) is 4.21. The number of hydrogen-bond donors (Lipinski definition) is 0. The summed E-state index contributed by atoms with van der Waals surface area (Å²) in [7, 11) is 0. The Morgan fingerprint density at radius 2 is 1.88 bits per heavy atom. The average molecular weight is 476 g/mol. The number of aromatic nitrogens is 3. The Bertz CT molecular complexity index is 1430. The van der Waals surface area contributed by atoms with Gasteiger partial charge in [-0.15, -0.1) is 11.3 Å². The zero-order chi connectivity index (χ0) is 23.8. The minimum Gasteiger partial charge on any atom is -0.486 e. The molecule has 1 atom stereocenters. The van der Waals surface area contributed by atoms with E-state index in [1.54, 1.807) is 17.4 Å². The van der Waals surface area contributed by atoms with Gasteiger partial charge in [0.1, 0.15) is 18.8 Å². The summed E-state index contributed by atoms with van der Waals surface area (Å²) in [5.41, 5.74) is 2.76. The lowest BCUT2D eigenvalue weighted by Crippen LogP contribution is -2.33. The molecule has 0 radical (unpaired) electrons. The van der Waals surface area contributed by atoms with Crippen molar-refractivity contribution in [2.75, 3.05) is 6.61 Å². The average Bonchev–Trinajstić information content (AvgIpc) is 3.39. The van der Waals surface area contributed by atoms with Crippen LogP contribution in [-0.4, -0.2) is 32.8 Å². The van der Waals surface area contributed by atoms with Gasteiger partial charge >= 0.3 is 0 Å². The van der Waals surface area contributed by atoms with E-state index in [1.807, 2.05) is 63.2 Å². The van der Waals surface area contributed by atoms with Gasteiger partial charge in [0.2, 0.25) is 0 Å². The number of para-hydroxylation sites is 2. The third kappa shape index (κ3) is 4.28. The van der Waals surface area contributed by atoms with Crippen LogP contribution in [-0.2, 0) is 13.1 Å². The number of ether oxygens (including phenoxy) is 2. The molecule has 8 heteroatoms. The lowest BCUT2D eigenvalue weighted by Gasteiger charge is -2.27. The molecule has 0 spiro atoms. The van der Waals surface area contributed by atoms with Crippen molar-refractivity contribution in [2.24, 2.45) is 0 Å². The highest BCUT2D eigenvalue weighted by Gasteiger charge is 2.24. The summed E-state index contributed by atoms with van der Waals surface area (Å²) in [5, 5.41) is 4.45. The SMILES string of the molecule is Cc1ccc(-c2ccc(=O)n(CC(=O)c3cc(C)n(CC4COc5ccccc5O4)c3C)n2)s1. The maximum atomic E-state index is 13.2. The van der Waals surface area contributed by atoms with Crippen LogP contribution in [0.2, 0.25) is 0 Å². The van der Waals surface area contributed by atoms with Crippen molar-refractivity contribution < 1.29 is 14.3 Å². The highest BCUT2D eigenvalue weighted by molar-refractivity contribution is 7.15. The number of nitrogens with zero attached hydrogens (tertiary/aromatic N) is 3. The summed E-state index contributed by atoms with van der Waals surface area (Å²) < 4.78 is 15.2. The van der Waals surface area contributed by atoms with Crippen molar-refractivity contribution in [1.29, 1.82) is 0 Å². The summed E-state index contributed by atoms with van der Waals surface area (Å²) in [6, 6.07) is 16.6. The second-order valence-corrected chi connectivity index (χ2v) is 9.73. The van der Waals surface area contributed by atoms with Crippen LogP contribution in [0.5, 0.6) is 11.5 Å². The third-order valence-electron chi connectivity index (χ3n) is 5.98. The standard InChI is InChI=1S/C26H25N3O4S/c1-16-12-20(18(3)28(16)13-19-15-32-23-6-4-5-7-24(23)33-19)22(30)14-29-26(31)11-9-21(27-29)25-10-8-17(2)34-25/h4-12,19H,13-15H2,1-3H3. The van der Waals surface area contributed by atoms with Crippen LogP contribution in [0, 0.1) is 20.8 Å². The maximum Gasteiger partial charge on any atom is 0.267 e. The van der Waals surface area contributed by atoms with Crippen LogP contribution < -0.4 is 15.0 Å². The van der Waals surface area contributed by atoms with Crippen LogP contribution in [0.4, 0.5) is 0 Å². The van der Waals surface area contributed by atoms with Crippen LogP contribution in [0.25, 0.3) is 10.6 Å². The van der Waals surface area contributed by atoms with Crippen molar-refractivity contribution in [3.05, 3.63) is 86.8 Å². The first-order valence-electron chi connectivity index (χ1n) is 11.1. The number of ketones is 1. The van der Waals surface area contributed by atoms with E-state index in [1.165, 1.54) is 10.7 Å². The van der Waals surface area contributed by atoms with Gasteiger partial charge in [-0.05, 0) is 57.2 Å². The quantitative estimate of drug-likeness (QED) is 0.386. The number of aryl methyl sites for hydroxylation is 2. The molecule has 3 aromatic heterocycles. The van der Waals surface area contributed by atoms with E-state index >= 15 is 0 Å². The molecule has 4 heterocycles. The zero-order valence-corrected chi connectivity index (χ0v) is 20.1. The minimum absolute atomic E-state index is 0.113. The number of carbonyl (C=O) groups is 1. The van der Waals surface area contributed by atoms with Crippen molar-refractivity contribution >= 4 is 17.1 Å². The van der Waals surface area contributed by atoms with Gasteiger partial charge in [0.25, 0.3) is 5.56 Å². The zero-order valence-electron chi connectivity index (χ0n) is 19.3. The van der Waals surface area contributed by atoms with Crippen molar-refractivity contribution in [3.63, 3.8) is 0 Å². The summed E-state index contributed by atoms with van der Waals surface area (Å²) in [6.45, 7) is 6.78. The minimum atomic E-state index is -0.300. The molecule has 4 aromatic rings. The molecule has 0 aliphatic carbocycles. The Morgan fingerprint density at radius 1 is 1.09 bits per heavy atom. The number of rotatable bonds is 6. The second kappa shape index (κ2) is 8.95. The fourth-order valence-corrected chi connectivity index (χ4v) is 5.04. The van der Waals surface area contributed by atoms with E-state index in [2.05, 4.69) is 9.67 Å². The predicted molar refractivity (Wildman–Crippen MR) is 131 cm³/mol. The predicted octanol–water partition coefficient (Wildman–Crippen LogP) is 4.42. The van der Waals surface area contributed by atoms with Crippen LogP contribution in [0.15, 0.2) is 59.4 Å². The Morgan fingerprint density at radius 3 is 2.65 bits per heavy atom. The maximum absolute atomic E-state index is 13.2. The number of benzene rings is 1. The summed E-state index contributed by atoms with van der Waals surface area (Å²) in [5.74, 6) is 1.32. The molecule has 1 aliphatic rings. The second-order valence-electron chi connectivity index (χ2n) is 8.44. The van der Waals surface area contributed by atoms with Crippen LogP contribution in [0.1, 0.15) is 26.6 Å². The molecule has 0 saturated carbocycles. The lowest BCUT2D eigenvalue weighted by molar-refractivity contribution is 0.0777. The van der Waals surface area contributed by atoms with E-state index in [-0.39, 0.29) is 24.0 Å². The number of hydrogen-bond acceptors (Lipinski definition) is 6. The summed E-state index contributed by atoms with van der Waals surface area (Å²) in [4.78, 5) is 27.7. The highest BCUT2D eigenvalue weighted by atomic mass is 32.1. The summed E-state index contributed by atoms with van der Waals surface area (Å²) in [6.07, 6.45) is -0.169. The topological polar surface area (TPSA) is 75.4 Å². The first kappa shape index (κ1) is 22.2. The smallest absolute Gasteiger partial charge is 0.267 e. The van der Waals surface area contributed by atoms with E-state index in [9.17, 15) is 9.59 Å². The Labute approximate surface area is 201 Å². The van der Waals surface area contributed by atoms with Gasteiger partial charge in [-0.3, -0.25) is 9.59 Å². The van der Waals surface area contributed by atoms with Gasteiger partial charge in [-0.25, -0.2) is 4.68 Å². The Hall–Kier alpha value is -3.65. The molecule has 1 aromatic carbocycles. The third-order valence-corrected chi connectivity index (χ3v) is 7.00. The number of carbonyl (C=O) groups excluding carboxylic acids is 1. The molecule has 0 fully saturated rings. The summed E-state index contributed by atoms with van der Waals surface area (Å²) >= 11 is 1.60.